The predicted molar refractivity (Wildman–Crippen MR) is 118 cm³/mol. The third kappa shape index (κ3) is 5.18. The lowest BCUT2D eigenvalue weighted by molar-refractivity contribution is 0.0698. The number of halogens is 2. The molecule has 3 N–H and O–H groups in total. The molecule has 0 radical (unpaired) electrons. The van der Waals surface area contributed by atoms with Gasteiger partial charge >= 0.3 is 5.97 Å². The van der Waals surface area contributed by atoms with Crippen molar-refractivity contribution >= 4 is 60.8 Å². The van der Waals surface area contributed by atoms with Gasteiger partial charge in [-0.3, -0.25) is 9.52 Å². The highest BCUT2D eigenvalue weighted by Gasteiger charge is 2.17. The maximum atomic E-state index is 12.5. The molecule has 0 spiro atoms. The Morgan fingerprint density at radius 2 is 1.57 bits per heavy atom. The van der Waals surface area contributed by atoms with Gasteiger partial charge in [-0.25, -0.2) is 13.2 Å². The van der Waals surface area contributed by atoms with E-state index < -0.39 is 21.9 Å². The summed E-state index contributed by atoms with van der Waals surface area (Å²) >= 11 is 8.97. The van der Waals surface area contributed by atoms with Gasteiger partial charge in [0, 0.05) is 20.7 Å². The molecule has 0 heterocycles. The Balaban J connectivity index is 1.77. The van der Waals surface area contributed by atoms with E-state index in [1.807, 2.05) is 0 Å². The molecule has 154 valence electrons. The van der Waals surface area contributed by atoms with Crippen LogP contribution in [-0.2, 0) is 10.0 Å². The Labute approximate surface area is 185 Å². The molecule has 0 bridgehead atoms. The number of sulfonamides is 1. The summed E-state index contributed by atoms with van der Waals surface area (Å²) in [5, 5.41) is 12.3. The van der Waals surface area contributed by atoms with Crippen LogP contribution in [0.2, 0.25) is 5.02 Å². The fourth-order valence-corrected chi connectivity index (χ4v) is 4.06. The topological polar surface area (TPSA) is 113 Å². The summed E-state index contributed by atoms with van der Waals surface area (Å²) < 4.78 is 28.0. The van der Waals surface area contributed by atoms with Crippen molar-refractivity contribution < 1.29 is 23.1 Å². The number of carboxylic acid groups (broad SMARTS) is 1. The molecule has 30 heavy (non-hydrogen) atoms. The van der Waals surface area contributed by atoms with Gasteiger partial charge in [0.25, 0.3) is 15.9 Å². The Hall–Kier alpha value is -2.88. The minimum atomic E-state index is -3.86. The highest BCUT2D eigenvalue weighted by atomic mass is 79.9. The van der Waals surface area contributed by atoms with Crippen molar-refractivity contribution in [3.05, 3.63) is 87.4 Å². The Kier molecular flexibility index (Phi) is 6.45. The molecule has 3 rings (SSSR count). The second-order valence-corrected chi connectivity index (χ2v) is 9.12. The van der Waals surface area contributed by atoms with Gasteiger partial charge in [-0.2, -0.15) is 0 Å². The lowest BCUT2D eigenvalue weighted by Gasteiger charge is -2.11. The van der Waals surface area contributed by atoms with Gasteiger partial charge in [-0.05, 0) is 66.7 Å². The summed E-state index contributed by atoms with van der Waals surface area (Å²) in [5.41, 5.74) is 0.554. The Morgan fingerprint density at radius 1 is 0.933 bits per heavy atom. The Bertz CT molecular complexity index is 1210. The van der Waals surface area contributed by atoms with E-state index in [1.54, 1.807) is 18.2 Å². The smallest absolute Gasteiger partial charge is 0.337 e. The molecule has 1 amide bonds. The van der Waals surface area contributed by atoms with Crippen molar-refractivity contribution in [2.45, 2.75) is 4.90 Å². The number of nitrogens with one attached hydrogen (secondary N) is 2. The molecule has 7 nitrogen and oxygen atoms in total. The molecule has 10 heteroatoms. The maximum absolute atomic E-state index is 12.5. The summed E-state index contributed by atoms with van der Waals surface area (Å²) in [6.45, 7) is 0. The van der Waals surface area contributed by atoms with Crippen LogP contribution < -0.4 is 10.0 Å². The second-order valence-electron chi connectivity index (χ2n) is 6.09. The molecule has 0 atom stereocenters. The van der Waals surface area contributed by atoms with Crippen molar-refractivity contribution in [3.63, 3.8) is 0 Å². The Morgan fingerprint density at radius 3 is 2.17 bits per heavy atom. The average molecular weight is 510 g/mol. The van der Waals surface area contributed by atoms with Crippen LogP contribution in [0.4, 0.5) is 11.4 Å². The van der Waals surface area contributed by atoms with Gasteiger partial charge in [0.05, 0.1) is 16.1 Å². The van der Waals surface area contributed by atoms with Crippen molar-refractivity contribution in [3.8, 4) is 0 Å². The van der Waals surface area contributed by atoms with E-state index in [9.17, 15) is 23.1 Å². The molecule has 0 aromatic heterocycles. The lowest BCUT2D eigenvalue weighted by atomic mass is 10.1. The number of aromatic carboxylic acids is 1. The molecular weight excluding hydrogens is 496 g/mol. The SMILES string of the molecule is O=C(Nc1ccc(Br)cc1C(=O)O)c1ccc(S(=O)(=O)Nc2ccc(Cl)cc2)cc1. The average Bonchev–Trinajstić information content (AvgIpc) is 2.71. The van der Waals surface area contributed by atoms with Gasteiger partial charge in [-0.1, -0.05) is 27.5 Å². The monoisotopic (exact) mass is 508 g/mol. The quantitative estimate of drug-likeness (QED) is 0.439. The predicted octanol–water partition coefficient (Wildman–Crippen LogP) is 4.85. The fraction of sp³-hybridized carbons (Fsp3) is 0. The van der Waals surface area contributed by atoms with Crippen molar-refractivity contribution in [2.75, 3.05) is 10.0 Å². The lowest BCUT2D eigenvalue weighted by Crippen LogP contribution is -2.16. The fourth-order valence-electron chi connectivity index (χ4n) is 2.51. The zero-order chi connectivity index (χ0) is 21.9. The number of carbonyl (C=O) groups excluding carboxylic acids is 1. The van der Waals surface area contributed by atoms with E-state index >= 15 is 0 Å². The van der Waals surface area contributed by atoms with Crippen LogP contribution in [0.3, 0.4) is 0 Å². The summed E-state index contributed by atoms with van der Waals surface area (Å²) in [4.78, 5) is 23.8. The molecule has 3 aromatic rings. The molecule has 0 aliphatic heterocycles. The molecule has 0 fully saturated rings. The minimum absolute atomic E-state index is 0.0381. The number of carboxylic acids is 1. The van der Waals surface area contributed by atoms with Crippen molar-refractivity contribution in [2.24, 2.45) is 0 Å². The number of hydrogen-bond donors (Lipinski definition) is 3. The van der Waals surface area contributed by atoms with Gasteiger partial charge in [-0.15, -0.1) is 0 Å². The molecule has 0 unspecified atom stereocenters. The molecule has 3 aromatic carbocycles. The van der Waals surface area contributed by atoms with Crippen LogP contribution in [0, 0.1) is 0 Å². The standard InChI is InChI=1S/C20H14BrClN2O5S/c21-13-3-10-18(17(11-13)20(26)27)23-19(25)12-1-8-16(9-2-12)30(28,29)24-15-6-4-14(22)5-7-15/h1-11,24H,(H,23,25)(H,26,27). The third-order valence-electron chi connectivity index (χ3n) is 3.98. The normalized spacial score (nSPS) is 11.0. The number of amides is 1. The van der Waals surface area contributed by atoms with Crippen LogP contribution in [0.1, 0.15) is 20.7 Å². The van der Waals surface area contributed by atoms with E-state index in [0.29, 0.717) is 15.2 Å². The molecular formula is C20H14BrClN2O5S. The summed E-state index contributed by atoms with van der Waals surface area (Å²) in [7, 11) is -3.86. The van der Waals surface area contributed by atoms with Crippen LogP contribution in [0.15, 0.2) is 76.1 Å². The van der Waals surface area contributed by atoms with Crippen molar-refractivity contribution in [1.82, 2.24) is 0 Å². The van der Waals surface area contributed by atoms with E-state index in [4.69, 9.17) is 11.6 Å². The second kappa shape index (κ2) is 8.86. The van der Waals surface area contributed by atoms with Crippen LogP contribution in [0.5, 0.6) is 0 Å². The highest BCUT2D eigenvalue weighted by Crippen LogP contribution is 2.23. The minimum Gasteiger partial charge on any atom is -0.478 e. The first-order valence-corrected chi connectivity index (χ1v) is 11.0. The summed E-state index contributed by atoms with van der Waals surface area (Å²) in [6, 6.07) is 15.8. The number of carbonyl (C=O) groups is 2. The molecule has 0 aliphatic rings. The zero-order valence-electron chi connectivity index (χ0n) is 15.1. The summed E-state index contributed by atoms with van der Waals surface area (Å²) in [6.07, 6.45) is 0. The number of hydrogen-bond acceptors (Lipinski definition) is 4. The van der Waals surface area contributed by atoms with E-state index in [-0.39, 0.29) is 21.7 Å². The molecule has 0 saturated carbocycles. The highest BCUT2D eigenvalue weighted by molar-refractivity contribution is 9.10. The first-order chi connectivity index (χ1) is 14.2. The van der Waals surface area contributed by atoms with E-state index in [0.717, 1.165) is 0 Å². The summed E-state index contributed by atoms with van der Waals surface area (Å²) in [5.74, 6) is -1.77. The van der Waals surface area contributed by atoms with Crippen LogP contribution >= 0.6 is 27.5 Å². The largest absolute Gasteiger partial charge is 0.478 e. The van der Waals surface area contributed by atoms with Gasteiger partial charge in [0.15, 0.2) is 0 Å². The van der Waals surface area contributed by atoms with E-state index in [2.05, 4.69) is 26.0 Å². The molecule has 0 aliphatic carbocycles. The van der Waals surface area contributed by atoms with Crippen LogP contribution in [-0.4, -0.2) is 25.4 Å². The number of benzene rings is 3. The van der Waals surface area contributed by atoms with Gasteiger partial charge < -0.3 is 10.4 Å². The first kappa shape index (κ1) is 21.8. The third-order valence-corrected chi connectivity index (χ3v) is 6.13. The first-order valence-electron chi connectivity index (χ1n) is 8.38. The van der Waals surface area contributed by atoms with Gasteiger partial charge in [0.2, 0.25) is 0 Å². The van der Waals surface area contributed by atoms with Crippen molar-refractivity contribution in [1.29, 1.82) is 0 Å². The number of rotatable bonds is 6. The van der Waals surface area contributed by atoms with Gasteiger partial charge in [0.1, 0.15) is 0 Å². The number of anilines is 2. The maximum Gasteiger partial charge on any atom is 0.337 e. The molecule has 0 saturated heterocycles. The zero-order valence-corrected chi connectivity index (χ0v) is 18.3. The van der Waals surface area contributed by atoms with E-state index in [1.165, 1.54) is 48.5 Å². The van der Waals surface area contributed by atoms with Crippen LogP contribution in [0.25, 0.3) is 0 Å².